The van der Waals surface area contributed by atoms with E-state index < -0.39 is 0 Å². The van der Waals surface area contributed by atoms with Crippen molar-refractivity contribution >= 4 is 16.7 Å². The molecular weight excluding hydrogens is 252 g/mol. The first-order valence-electron chi connectivity index (χ1n) is 6.92. The third-order valence-corrected chi connectivity index (χ3v) is 3.80. The molecular formula is C17H18O3. The molecule has 0 bridgehead atoms. The molecule has 1 aliphatic heterocycles. The van der Waals surface area contributed by atoms with E-state index in [-0.39, 0.29) is 11.4 Å². The normalized spacial score (nSPS) is 16.6. The van der Waals surface area contributed by atoms with Gasteiger partial charge in [0.05, 0.1) is 13.0 Å². The molecule has 3 heteroatoms. The first kappa shape index (κ1) is 13.0. The number of rotatable bonds is 2. The lowest BCUT2D eigenvalue weighted by atomic mass is 9.78. The highest BCUT2D eigenvalue weighted by Crippen LogP contribution is 2.44. The SMILES string of the molecule is CCOc1cccc2c3c(ccc12)C(C)(C)CC(=O)O3. The Morgan fingerprint density at radius 3 is 2.75 bits per heavy atom. The van der Waals surface area contributed by atoms with Crippen molar-refractivity contribution in [2.24, 2.45) is 0 Å². The van der Waals surface area contributed by atoms with E-state index in [1.165, 1.54) is 0 Å². The molecule has 0 aromatic heterocycles. The second kappa shape index (κ2) is 4.51. The van der Waals surface area contributed by atoms with Crippen LogP contribution in [0.15, 0.2) is 30.3 Å². The molecule has 0 radical (unpaired) electrons. The molecule has 0 amide bonds. The summed E-state index contributed by atoms with van der Waals surface area (Å²) in [5.74, 6) is 1.34. The van der Waals surface area contributed by atoms with Gasteiger partial charge in [-0.25, -0.2) is 0 Å². The van der Waals surface area contributed by atoms with Crippen LogP contribution in [0.5, 0.6) is 11.5 Å². The van der Waals surface area contributed by atoms with Crippen LogP contribution in [0.25, 0.3) is 10.8 Å². The number of hydrogen-bond acceptors (Lipinski definition) is 3. The van der Waals surface area contributed by atoms with Crippen molar-refractivity contribution in [3.63, 3.8) is 0 Å². The van der Waals surface area contributed by atoms with Gasteiger partial charge in [-0.05, 0) is 13.0 Å². The van der Waals surface area contributed by atoms with E-state index in [0.717, 1.165) is 22.1 Å². The maximum atomic E-state index is 11.8. The van der Waals surface area contributed by atoms with Crippen molar-refractivity contribution in [2.45, 2.75) is 32.6 Å². The van der Waals surface area contributed by atoms with Crippen LogP contribution in [0.2, 0.25) is 0 Å². The highest BCUT2D eigenvalue weighted by Gasteiger charge is 2.34. The van der Waals surface area contributed by atoms with Crippen LogP contribution in [-0.2, 0) is 10.2 Å². The zero-order valence-corrected chi connectivity index (χ0v) is 12.0. The van der Waals surface area contributed by atoms with E-state index in [0.29, 0.717) is 18.8 Å². The number of benzene rings is 2. The number of ether oxygens (including phenoxy) is 2. The standard InChI is InChI=1S/C17H18O3/c1-4-19-14-7-5-6-12-11(14)8-9-13-16(12)20-15(18)10-17(13,2)3/h5-9H,4,10H2,1-3H3. The van der Waals surface area contributed by atoms with Gasteiger partial charge in [-0.2, -0.15) is 0 Å². The molecule has 0 N–H and O–H groups in total. The smallest absolute Gasteiger partial charge is 0.312 e. The molecule has 0 fully saturated rings. The van der Waals surface area contributed by atoms with Crippen LogP contribution in [0.1, 0.15) is 32.8 Å². The number of carbonyl (C=O) groups is 1. The average Bonchev–Trinajstić information content (AvgIpc) is 2.38. The summed E-state index contributed by atoms with van der Waals surface area (Å²) < 4.78 is 11.2. The molecule has 3 nitrogen and oxygen atoms in total. The minimum atomic E-state index is -0.194. The van der Waals surface area contributed by atoms with Gasteiger partial charge in [-0.15, -0.1) is 0 Å². The minimum absolute atomic E-state index is 0.170. The zero-order chi connectivity index (χ0) is 14.3. The molecule has 1 aliphatic rings. The van der Waals surface area contributed by atoms with Gasteiger partial charge in [0.15, 0.2) is 0 Å². The Balaban J connectivity index is 2.29. The maximum absolute atomic E-state index is 11.8. The van der Waals surface area contributed by atoms with Crippen LogP contribution >= 0.6 is 0 Å². The summed E-state index contributed by atoms with van der Waals surface area (Å²) in [6.07, 6.45) is 0.413. The molecule has 20 heavy (non-hydrogen) atoms. The third kappa shape index (κ3) is 1.94. The van der Waals surface area contributed by atoms with E-state index in [4.69, 9.17) is 9.47 Å². The summed E-state index contributed by atoms with van der Waals surface area (Å²) in [7, 11) is 0. The van der Waals surface area contributed by atoms with Crippen molar-refractivity contribution < 1.29 is 14.3 Å². The Morgan fingerprint density at radius 1 is 1.20 bits per heavy atom. The summed E-state index contributed by atoms with van der Waals surface area (Å²) in [6.45, 7) is 6.72. The fraction of sp³-hybridized carbons (Fsp3) is 0.353. The van der Waals surface area contributed by atoms with E-state index in [2.05, 4.69) is 19.9 Å². The van der Waals surface area contributed by atoms with Gasteiger partial charge < -0.3 is 9.47 Å². The fourth-order valence-corrected chi connectivity index (χ4v) is 2.83. The van der Waals surface area contributed by atoms with Crippen molar-refractivity contribution in [3.05, 3.63) is 35.9 Å². The van der Waals surface area contributed by atoms with E-state index in [1.54, 1.807) is 0 Å². The first-order valence-corrected chi connectivity index (χ1v) is 6.92. The minimum Gasteiger partial charge on any atom is -0.493 e. The van der Waals surface area contributed by atoms with Crippen molar-refractivity contribution in [1.82, 2.24) is 0 Å². The monoisotopic (exact) mass is 270 g/mol. The molecule has 0 unspecified atom stereocenters. The second-order valence-electron chi connectivity index (χ2n) is 5.76. The Kier molecular flexibility index (Phi) is 2.93. The Hall–Kier alpha value is -2.03. The molecule has 2 aromatic carbocycles. The number of fused-ring (bicyclic) bond motifs is 3. The second-order valence-corrected chi connectivity index (χ2v) is 5.76. The first-order chi connectivity index (χ1) is 9.53. The van der Waals surface area contributed by atoms with Gasteiger partial charge in [0.2, 0.25) is 0 Å². The van der Waals surface area contributed by atoms with Crippen molar-refractivity contribution in [1.29, 1.82) is 0 Å². The maximum Gasteiger partial charge on any atom is 0.312 e. The summed E-state index contributed by atoms with van der Waals surface area (Å²) in [4.78, 5) is 11.8. The van der Waals surface area contributed by atoms with Crippen molar-refractivity contribution in [2.75, 3.05) is 6.61 Å². The molecule has 0 atom stereocenters. The van der Waals surface area contributed by atoms with Crippen LogP contribution in [0, 0.1) is 0 Å². The predicted octanol–water partition coefficient (Wildman–Crippen LogP) is 3.83. The van der Waals surface area contributed by atoms with E-state index in [9.17, 15) is 4.79 Å². The van der Waals surface area contributed by atoms with Gasteiger partial charge in [-0.3, -0.25) is 4.79 Å². The summed E-state index contributed by atoms with van der Waals surface area (Å²) in [6, 6.07) is 9.95. The van der Waals surface area contributed by atoms with E-state index >= 15 is 0 Å². The van der Waals surface area contributed by atoms with Gasteiger partial charge in [0.1, 0.15) is 11.5 Å². The Morgan fingerprint density at radius 2 is 2.00 bits per heavy atom. The molecule has 0 spiro atoms. The van der Waals surface area contributed by atoms with Gasteiger partial charge in [0.25, 0.3) is 0 Å². The average molecular weight is 270 g/mol. The molecule has 0 saturated heterocycles. The van der Waals surface area contributed by atoms with E-state index in [1.807, 2.05) is 31.2 Å². The number of carbonyl (C=O) groups excluding carboxylic acids is 1. The van der Waals surface area contributed by atoms with Crippen LogP contribution in [0.3, 0.4) is 0 Å². The van der Waals surface area contributed by atoms with Crippen molar-refractivity contribution in [3.8, 4) is 11.5 Å². The molecule has 3 rings (SSSR count). The molecule has 1 heterocycles. The third-order valence-electron chi connectivity index (χ3n) is 3.80. The van der Waals surface area contributed by atoms with Crippen LogP contribution in [0.4, 0.5) is 0 Å². The lowest BCUT2D eigenvalue weighted by molar-refractivity contribution is -0.136. The summed E-state index contributed by atoms with van der Waals surface area (Å²) in [5, 5.41) is 1.92. The Labute approximate surface area is 118 Å². The highest BCUT2D eigenvalue weighted by atomic mass is 16.5. The summed E-state index contributed by atoms with van der Waals surface area (Å²) in [5.41, 5.74) is 0.888. The lowest BCUT2D eigenvalue weighted by Crippen LogP contribution is -2.30. The highest BCUT2D eigenvalue weighted by molar-refractivity contribution is 5.97. The number of esters is 1. The van der Waals surface area contributed by atoms with Gasteiger partial charge in [-0.1, -0.05) is 38.1 Å². The summed E-state index contributed by atoms with van der Waals surface area (Å²) >= 11 is 0. The quantitative estimate of drug-likeness (QED) is 0.614. The molecule has 0 saturated carbocycles. The number of hydrogen-bond donors (Lipinski definition) is 0. The molecule has 0 aliphatic carbocycles. The van der Waals surface area contributed by atoms with Crippen LogP contribution in [-0.4, -0.2) is 12.6 Å². The zero-order valence-electron chi connectivity index (χ0n) is 12.0. The fourth-order valence-electron chi connectivity index (χ4n) is 2.83. The topological polar surface area (TPSA) is 35.5 Å². The van der Waals surface area contributed by atoms with Gasteiger partial charge in [0, 0.05) is 21.8 Å². The van der Waals surface area contributed by atoms with Gasteiger partial charge >= 0.3 is 5.97 Å². The molecule has 104 valence electrons. The molecule has 2 aromatic rings. The van der Waals surface area contributed by atoms with Crippen LogP contribution < -0.4 is 9.47 Å². The largest absolute Gasteiger partial charge is 0.493 e. The lowest BCUT2D eigenvalue weighted by Gasteiger charge is -2.31. The Bertz CT molecular complexity index is 686. The predicted molar refractivity (Wildman–Crippen MR) is 78.4 cm³/mol.